The lowest BCUT2D eigenvalue weighted by Crippen LogP contribution is -2.45. The summed E-state index contributed by atoms with van der Waals surface area (Å²) < 4.78 is 17.4. The fraction of sp³-hybridized carbons (Fsp3) is 0.273. The highest BCUT2D eigenvalue weighted by Crippen LogP contribution is 2.36. The highest BCUT2D eigenvalue weighted by Gasteiger charge is 2.27. The maximum Gasteiger partial charge on any atom is 0.264 e. The number of fused-ring (bicyclic) bond motifs is 2. The smallest absolute Gasteiger partial charge is 0.264 e. The lowest BCUT2D eigenvalue weighted by atomic mass is 10.1. The number of ether oxygens (including phenoxy) is 2. The molecule has 1 unspecified atom stereocenters. The molecule has 7 nitrogen and oxygen atoms in total. The molecule has 0 saturated heterocycles. The van der Waals surface area contributed by atoms with Gasteiger partial charge in [-0.2, -0.15) is 0 Å². The maximum atomic E-state index is 12.3. The number of carbonyl (C=O) groups is 1. The zero-order chi connectivity index (χ0) is 20.4. The van der Waals surface area contributed by atoms with Crippen molar-refractivity contribution in [1.82, 2.24) is 10.2 Å². The highest BCUT2D eigenvalue weighted by atomic mass is 35.5. The summed E-state index contributed by atoms with van der Waals surface area (Å²) in [5.41, 5.74) is 1.12. The minimum absolute atomic E-state index is 0. The molecule has 1 amide bonds. The van der Waals surface area contributed by atoms with Crippen molar-refractivity contribution in [3.63, 3.8) is 0 Å². The van der Waals surface area contributed by atoms with E-state index < -0.39 is 6.10 Å². The molecule has 2 aromatic carbocycles. The zero-order valence-corrected chi connectivity index (χ0v) is 17.5. The Hall–Kier alpha value is -3.03. The predicted octanol–water partition coefficient (Wildman–Crippen LogP) is 2.70. The van der Waals surface area contributed by atoms with Crippen molar-refractivity contribution in [2.75, 3.05) is 33.8 Å². The third kappa shape index (κ3) is 4.58. The van der Waals surface area contributed by atoms with Crippen LogP contribution in [0.3, 0.4) is 0 Å². The van der Waals surface area contributed by atoms with E-state index in [1.165, 1.54) is 6.07 Å². The number of nitrogens with zero attached hydrogens (tertiary/aromatic N) is 1. The minimum atomic E-state index is -0.700. The Bertz CT molecular complexity index is 1110. The number of hydrogen-bond donors (Lipinski definition) is 1. The molecule has 0 saturated carbocycles. The van der Waals surface area contributed by atoms with E-state index in [0.717, 1.165) is 6.54 Å². The fourth-order valence-electron chi connectivity index (χ4n) is 3.12. The predicted molar refractivity (Wildman–Crippen MR) is 117 cm³/mol. The van der Waals surface area contributed by atoms with E-state index in [4.69, 9.17) is 13.9 Å². The van der Waals surface area contributed by atoms with Gasteiger partial charge < -0.3 is 24.1 Å². The number of rotatable bonds is 5. The average Bonchev–Trinajstić information content (AvgIpc) is 2.72. The number of amides is 1. The summed E-state index contributed by atoms with van der Waals surface area (Å²) in [5.74, 6) is 1.23. The molecule has 0 spiro atoms. The number of carbonyl (C=O) groups excluding carboxylic acids is 1. The summed E-state index contributed by atoms with van der Waals surface area (Å²) >= 11 is 0. The number of halogens is 1. The first-order valence-electron chi connectivity index (χ1n) is 9.40. The second-order valence-corrected chi connectivity index (χ2v) is 7.14. The van der Waals surface area contributed by atoms with Gasteiger partial charge in [0.15, 0.2) is 16.9 Å². The van der Waals surface area contributed by atoms with Crippen LogP contribution in [0.5, 0.6) is 11.5 Å². The molecule has 3 aromatic rings. The number of para-hydroxylation sites is 1. The molecular weight excluding hydrogens is 408 g/mol. The van der Waals surface area contributed by atoms with Crippen LogP contribution in [0.25, 0.3) is 22.3 Å². The van der Waals surface area contributed by atoms with Gasteiger partial charge in [0, 0.05) is 24.7 Å². The molecule has 1 aromatic heterocycles. The Morgan fingerprint density at radius 3 is 2.73 bits per heavy atom. The quantitative estimate of drug-likeness (QED) is 0.670. The van der Waals surface area contributed by atoms with E-state index in [9.17, 15) is 9.59 Å². The normalized spacial score (nSPS) is 15.0. The van der Waals surface area contributed by atoms with Gasteiger partial charge in [-0.1, -0.05) is 12.1 Å². The molecule has 0 radical (unpaired) electrons. The summed E-state index contributed by atoms with van der Waals surface area (Å²) in [5, 5.41) is 3.38. The molecule has 1 N–H and O–H groups in total. The standard InChI is InChI=1S/C22H22N2O5.ClH/c1-24(2)10-9-23-22(26)21-13-27-20-11-14(7-8-18(20)29-21)19-12-16(25)15-5-3-4-6-17(15)28-19;/h3-8,11-12,21H,9-10,13H2,1-2H3,(H,23,26);1H. The SMILES string of the molecule is CN(C)CCNC(=O)C1COc2cc(-c3cc(=O)c4ccccc4o3)ccc2O1.Cl. The van der Waals surface area contributed by atoms with Gasteiger partial charge in [-0.15, -0.1) is 12.4 Å². The van der Waals surface area contributed by atoms with Crippen molar-refractivity contribution < 1.29 is 18.7 Å². The van der Waals surface area contributed by atoms with Crippen LogP contribution in [0.4, 0.5) is 0 Å². The lowest BCUT2D eigenvalue weighted by molar-refractivity contribution is -0.130. The van der Waals surface area contributed by atoms with E-state index in [1.54, 1.807) is 36.4 Å². The maximum absolute atomic E-state index is 12.3. The van der Waals surface area contributed by atoms with Gasteiger partial charge in [0.1, 0.15) is 18.0 Å². The molecule has 0 bridgehead atoms. The fourth-order valence-corrected chi connectivity index (χ4v) is 3.12. The first-order valence-corrected chi connectivity index (χ1v) is 9.40. The third-order valence-corrected chi connectivity index (χ3v) is 4.67. The second kappa shape index (κ2) is 9.19. The van der Waals surface area contributed by atoms with Gasteiger partial charge in [-0.05, 0) is 44.4 Å². The molecule has 158 valence electrons. The second-order valence-electron chi connectivity index (χ2n) is 7.14. The molecule has 1 atom stereocenters. The number of nitrogens with one attached hydrogen (secondary N) is 1. The summed E-state index contributed by atoms with van der Waals surface area (Å²) in [7, 11) is 3.88. The Morgan fingerprint density at radius 1 is 1.13 bits per heavy atom. The molecule has 1 aliphatic heterocycles. The Kier molecular flexibility index (Phi) is 6.64. The van der Waals surface area contributed by atoms with Gasteiger partial charge in [0.25, 0.3) is 5.91 Å². The molecule has 0 fully saturated rings. The van der Waals surface area contributed by atoms with Crippen molar-refractivity contribution in [3.05, 3.63) is 58.8 Å². The molecule has 30 heavy (non-hydrogen) atoms. The Morgan fingerprint density at radius 2 is 1.93 bits per heavy atom. The van der Waals surface area contributed by atoms with Crippen molar-refractivity contribution in [3.8, 4) is 22.8 Å². The van der Waals surface area contributed by atoms with E-state index in [0.29, 0.717) is 40.3 Å². The van der Waals surface area contributed by atoms with E-state index in [1.807, 2.05) is 25.1 Å². The van der Waals surface area contributed by atoms with E-state index in [-0.39, 0.29) is 30.3 Å². The van der Waals surface area contributed by atoms with Crippen LogP contribution in [0.2, 0.25) is 0 Å². The molecule has 0 aliphatic carbocycles. The van der Waals surface area contributed by atoms with Gasteiger partial charge in [0.05, 0.1) is 5.39 Å². The topological polar surface area (TPSA) is 81.0 Å². The van der Waals surface area contributed by atoms with Crippen molar-refractivity contribution in [1.29, 1.82) is 0 Å². The molecule has 4 rings (SSSR count). The number of hydrogen-bond acceptors (Lipinski definition) is 6. The van der Waals surface area contributed by atoms with E-state index in [2.05, 4.69) is 5.32 Å². The summed E-state index contributed by atoms with van der Waals surface area (Å²) in [6, 6.07) is 13.8. The van der Waals surface area contributed by atoms with Crippen LogP contribution in [0.15, 0.2) is 57.7 Å². The van der Waals surface area contributed by atoms with Gasteiger partial charge in [-0.25, -0.2) is 0 Å². The number of benzene rings is 2. The largest absolute Gasteiger partial charge is 0.485 e. The van der Waals surface area contributed by atoms with Gasteiger partial charge in [0.2, 0.25) is 6.10 Å². The molecular formula is C22H23ClN2O5. The summed E-state index contributed by atoms with van der Waals surface area (Å²) in [4.78, 5) is 26.6. The summed E-state index contributed by atoms with van der Waals surface area (Å²) in [6.07, 6.45) is -0.700. The van der Waals surface area contributed by atoms with Crippen molar-refractivity contribution >= 4 is 29.3 Å². The Labute approximate surface area is 180 Å². The first-order chi connectivity index (χ1) is 14.0. The molecule has 1 aliphatic rings. The third-order valence-electron chi connectivity index (χ3n) is 4.67. The Balaban J connectivity index is 0.00000256. The van der Waals surface area contributed by atoms with Crippen molar-refractivity contribution in [2.45, 2.75) is 6.10 Å². The van der Waals surface area contributed by atoms with Crippen LogP contribution in [0.1, 0.15) is 0 Å². The minimum Gasteiger partial charge on any atom is -0.485 e. The van der Waals surface area contributed by atoms with Crippen molar-refractivity contribution in [2.24, 2.45) is 0 Å². The van der Waals surface area contributed by atoms with E-state index >= 15 is 0 Å². The van der Waals surface area contributed by atoms with Crippen LogP contribution in [0, 0.1) is 0 Å². The lowest BCUT2D eigenvalue weighted by Gasteiger charge is -2.26. The zero-order valence-electron chi connectivity index (χ0n) is 16.7. The summed E-state index contributed by atoms with van der Waals surface area (Å²) in [6.45, 7) is 1.40. The van der Waals surface area contributed by atoms with Crippen LogP contribution in [-0.2, 0) is 4.79 Å². The monoisotopic (exact) mass is 430 g/mol. The van der Waals surface area contributed by atoms with Crippen LogP contribution < -0.4 is 20.2 Å². The van der Waals surface area contributed by atoms with Crippen LogP contribution in [-0.4, -0.2) is 50.7 Å². The molecule has 8 heteroatoms. The molecule has 2 heterocycles. The highest BCUT2D eigenvalue weighted by molar-refractivity contribution is 5.85. The number of likely N-dealkylation sites (N-methyl/N-ethyl adjacent to an activating group) is 1. The van der Waals surface area contributed by atoms with Crippen LogP contribution >= 0.6 is 12.4 Å². The average molecular weight is 431 g/mol. The van der Waals surface area contributed by atoms with Gasteiger partial charge in [-0.3, -0.25) is 9.59 Å². The van der Waals surface area contributed by atoms with Gasteiger partial charge >= 0.3 is 0 Å². The first kappa shape index (κ1) is 21.7.